The highest BCUT2D eigenvalue weighted by Gasteiger charge is 2.47. The van der Waals surface area contributed by atoms with Crippen molar-refractivity contribution in [2.75, 3.05) is 0 Å². The Morgan fingerprint density at radius 3 is 2.44 bits per heavy atom. The molecule has 0 saturated heterocycles. The molecular formula is C22H34O3. The summed E-state index contributed by atoms with van der Waals surface area (Å²) in [5, 5.41) is 0. The molecule has 3 aliphatic rings. The minimum absolute atomic E-state index is 0.0355. The molecule has 140 valence electrons. The first kappa shape index (κ1) is 18.7. The summed E-state index contributed by atoms with van der Waals surface area (Å²) in [7, 11) is 0. The quantitative estimate of drug-likeness (QED) is 0.525. The third-order valence-electron chi connectivity index (χ3n) is 6.63. The number of hydrogen-bond acceptors (Lipinski definition) is 3. The molecule has 25 heavy (non-hydrogen) atoms. The molecule has 0 amide bonds. The van der Waals surface area contributed by atoms with E-state index in [0.29, 0.717) is 29.5 Å². The molecule has 4 bridgehead atoms. The second kappa shape index (κ2) is 6.89. The highest BCUT2D eigenvalue weighted by Crippen LogP contribution is 2.51. The molecule has 0 spiro atoms. The monoisotopic (exact) mass is 346 g/mol. The standard InChI is InChI=1S/C22H34O3/c1-13(2)15-9-10-20(23)17-8-6-7-16-18(15)11-14(12-19(16)17)25-21(24)22(3,4)5/h7,13-15,17-19H,6,8-12H2,1-5H3/t14?,15-,17-,18+,19+/m1/s1. The van der Waals surface area contributed by atoms with Crippen LogP contribution in [-0.4, -0.2) is 17.9 Å². The van der Waals surface area contributed by atoms with Crippen LogP contribution in [0.25, 0.3) is 0 Å². The van der Waals surface area contributed by atoms with Gasteiger partial charge in [-0.3, -0.25) is 9.59 Å². The number of carbonyl (C=O) groups excluding carboxylic acids is 2. The minimum Gasteiger partial charge on any atom is -0.462 e. The van der Waals surface area contributed by atoms with Gasteiger partial charge in [0, 0.05) is 12.3 Å². The average molecular weight is 347 g/mol. The van der Waals surface area contributed by atoms with Crippen LogP contribution in [0, 0.1) is 35.0 Å². The first-order valence-electron chi connectivity index (χ1n) is 10.1. The molecule has 5 atom stereocenters. The lowest BCUT2D eigenvalue weighted by Gasteiger charge is -2.48. The summed E-state index contributed by atoms with van der Waals surface area (Å²) in [6.45, 7) is 10.3. The molecule has 3 nitrogen and oxygen atoms in total. The molecule has 0 heterocycles. The minimum atomic E-state index is -0.470. The molecule has 2 saturated carbocycles. The molecule has 0 aliphatic heterocycles. The smallest absolute Gasteiger partial charge is 0.311 e. The highest BCUT2D eigenvalue weighted by atomic mass is 16.5. The molecule has 0 radical (unpaired) electrons. The van der Waals surface area contributed by atoms with Crippen LogP contribution in [0.2, 0.25) is 0 Å². The molecule has 1 unspecified atom stereocenters. The van der Waals surface area contributed by atoms with Crippen molar-refractivity contribution in [2.24, 2.45) is 35.0 Å². The van der Waals surface area contributed by atoms with Gasteiger partial charge in [0.25, 0.3) is 0 Å². The maximum Gasteiger partial charge on any atom is 0.311 e. The maximum atomic E-state index is 12.8. The van der Waals surface area contributed by atoms with E-state index in [1.54, 1.807) is 0 Å². The zero-order chi connectivity index (χ0) is 18.4. The number of ether oxygens (including phenoxy) is 1. The van der Waals surface area contributed by atoms with Crippen molar-refractivity contribution in [3.05, 3.63) is 11.6 Å². The summed E-state index contributed by atoms with van der Waals surface area (Å²) in [6, 6.07) is 0. The molecule has 0 aromatic rings. The highest BCUT2D eigenvalue weighted by molar-refractivity contribution is 5.82. The van der Waals surface area contributed by atoms with Gasteiger partial charge in [-0.25, -0.2) is 0 Å². The van der Waals surface area contributed by atoms with Gasteiger partial charge in [-0.1, -0.05) is 25.5 Å². The van der Waals surface area contributed by atoms with Gasteiger partial charge in [-0.15, -0.1) is 0 Å². The van der Waals surface area contributed by atoms with E-state index < -0.39 is 5.41 Å². The van der Waals surface area contributed by atoms with Gasteiger partial charge in [0.2, 0.25) is 0 Å². The topological polar surface area (TPSA) is 43.4 Å². The predicted octanol–water partition coefficient (Wildman–Crippen LogP) is 4.94. The van der Waals surface area contributed by atoms with Crippen molar-refractivity contribution in [1.29, 1.82) is 0 Å². The first-order chi connectivity index (χ1) is 11.7. The van der Waals surface area contributed by atoms with Crippen LogP contribution in [0.3, 0.4) is 0 Å². The van der Waals surface area contributed by atoms with Crippen LogP contribution in [0.15, 0.2) is 11.6 Å². The number of allylic oxidation sites excluding steroid dienone is 2. The summed E-state index contributed by atoms with van der Waals surface area (Å²) in [4.78, 5) is 25.2. The maximum absolute atomic E-state index is 12.8. The third-order valence-corrected chi connectivity index (χ3v) is 6.63. The van der Waals surface area contributed by atoms with Gasteiger partial charge in [0.05, 0.1) is 5.41 Å². The van der Waals surface area contributed by atoms with Crippen molar-refractivity contribution in [3.8, 4) is 0 Å². The lowest BCUT2D eigenvalue weighted by atomic mass is 9.58. The van der Waals surface area contributed by atoms with E-state index >= 15 is 0 Å². The van der Waals surface area contributed by atoms with Crippen molar-refractivity contribution in [1.82, 2.24) is 0 Å². The van der Waals surface area contributed by atoms with Gasteiger partial charge in [-0.05, 0) is 76.5 Å². The summed E-state index contributed by atoms with van der Waals surface area (Å²) >= 11 is 0. The van der Waals surface area contributed by atoms with Gasteiger partial charge in [0.1, 0.15) is 11.9 Å². The van der Waals surface area contributed by atoms with Crippen LogP contribution < -0.4 is 0 Å². The third kappa shape index (κ3) is 3.71. The van der Waals surface area contributed by atoms with Crippen molar-refractivity contribution in [3.63, 3.8) is 0 Å². The predicted molar refractivity (Wildman–Crippen MR) is 98.9 cm³/mol. The SMILES string of the molecule is CC(C)[C@H]1CCC(=O)[C@@H]2CCC=C3[C@H]1CC(OC(=O)C(C)(C)C)C[C@@H]32. The molecule has 0 N–H and O–H groups in total. The Morgan fingerprint density at radius 1 is 1.12 bits per heavy atom. The normalized spacial score (nSPS) is 35.7. The molecule has 0 aromatic heterocycles. The van der Waals surface area contributed by atoms with Crippen LogP contribution >= 0.6 is 0 Å². The van der Waals surface area contributed by atoms with E-state index in [1.807, 2.05) is 20.8 Å². The van der Waals surface area contributed by atoms with Gasteiger partial charge >= 0.3 is 5.97 Å². The lowest BCUT2D eigenvalue weighted by Crippen LogP contribution is -2.45. The summed E-state index contributed by atoms with van der Waals surface area (Å²) in [5.74, 6) is 2.35. The van der Waals surface area contributed by atoms with Crippen molar-refractivity contribution >= 4 is 11.8 Å². The summed E-state index contributed by atoms with van der Waals surface area (Å²) in [5.41, 5.74) is 1.05. The van der Waals surface area contributed by atoms with Crippen molar-refractivity contribution in [2.45, 2.75) is 79.2 Å². The van der Waals surface area contributed by atoms with E-state index in [1.165, 1.54) is 5.57 Å². The van der Waals surface area contributed by atoms with Crippen LogP contribution in [0.4, 0.5) is 0 Å². The number of esters is 1. The van der Waals surface area contributed by atoms with E-state index in [-0.39, 0.29) is 18.0 Å². The number of rotatable bonds is 2. The lowest BCUT2D eigenvalue weighted by molar-refractivity contribution is -0.162. The number of Topliss-reactive ketones (excluding diaryl/α,β-unsaturated/α-hetero) is 1. The fourth-order valence-corrected chi connectivity index (χ4v) is 5.27. The van der Waals surface area contributed by atoms with Crippen LogP contribution in [0.1, 0.15) is 73.1 Å². The second-order valence-corrected chi connectivity index (χ2v) is 9.76. The van der Waals surface area contributed by atoms with Gasteiger partial charge in [0.15, 0.2) is 0 Å². The Balaban J connectivity index is 1.90. The van der Waals surface area contributed by atoms with E-state index in [4.69, 9.17) is 4.74 Å². The van der Waals surface area contributed by atoms with Gasteiger partial charge < -0.3 is 4.74 Å². The fraction of sp³-hybridized carbons (Fsp3) is 0.818. The Morgan fingerprint density at radius 2 is 1.80 bits per heavy atom. The number of carbonyl (C=O) groups is 2. The molecule has 3 aliphatic carbocycles. The fourth-order valence-electron chi connectivity index (χ4n) is 5.27. The largest absolute Gasteiger partial charge is 0.462 e. The summed E-state index contributed by atoms with van der Waals surface area (Å²) in [6.07, 6.45) is 7.90. The molecular weight excluding hydrogens is 312 g/mol. The van der Waals surface area contributed by atoms with Crippen LogP contribution in [-0.2, 0) is 14.3 Å². The molecule has 3 rings (SSSR count). The number of ketones is 1. The van der Waals surface area contributed by atoms with E-state index in [0.717, 1.165) is 38.5 Å². The zero-order valence-corrected chi connectivity index (χ0v) is 16.5. The van der Waals surface area contributed by atoms with E-state index in [2.05, 4.69) is 19.9 Å². The van der Waals surface area contributed by atoms with E-state index in [9.17, 15) is 9.59 Å². The average Bonchev–Trinajstić information content (AvgIpc) is 2.52. The Bertz CT molecular complexity index is 566. The first-order valence-corrected chi connectivity index (χ1v) is 10.1. The number of hydrogen-bond donors (Lipinski definition) is 0. The molecule has 2 fully saturated rings. The Labute approximate surface area is 152 Å². The molecule has 3 heteroatoms. The second-order valence-electron chi connectivity index (χ2n) is 9.76. The molecule has 0 aromatic carbocycles. The Hall–Kier alpha value is -1.12. The van der Waals surface area contributed by atoms with Gasteiger partial charge in [-0.2, -0.15) is 0 Å². The summed E-state index contributed by atoms with van der Waals surface area (Å²) < 4.78 is 5.94. The Kier molecular flexibility index (Phi) is 5.14. The zero-order valence-electron chi connectivity index (χ0n) is 16.5. The van der Waals surface area contributed by atoms with Crippen molar-refractivity contribution < 1.29 is 14.3 Å². The van der Waals surface area contributed by atoms with Crippen LogP contribution in [0.5, 0.6) is 0 Å².